The molecule has 0 amide bonds. The zero-order valence-electron chi connectivity index (χ0n) is 12.5. The van der Waals surface area contributed by atoms with Gasteiger partial charge in [0.05, 0.1) is 12.3 Å². The van der Waals surface area contributed by atoms with E-state index in [-0.39, 0.29) is 11.5 Å². The van der Waals surface area contributed by atoms with Crippen molar-refractivity contribution in [2.24, 2.45) is 0 Å². The first-order valence-electron chi connectivity index (χ1n) is 6.93. The molecule has 0 saturated heterocycles. The van der Waals surface area contributed by atoms with Crippen molar-refractivity contribution in [3.63, 3.8) is 0 Å². The van der Waals surface area contributed by atoms with Crippen molar-refractivity contribution in [3.05, 3.63) is 47.7 Å². The second-order valence-electron chi connectivity index (χ2n) is 4.77. The summed E-state index contributed by atoms with van der Waals surface area (Å²) >= 11 is 0. The van der Waals surface area contributed by atoms with Gasteiger partial charge in [0, 0.05) is 11.8 Å². The molecule has 0 unspecified atom stereocenters. The molecule has 0 saturated carbocycles. The van der Waals surface area contributed by atoms with E-state index in [2.05, 4.69) is 4.98 Å². The smallest absolute Gasteiger partial charge is 0.267 e. The zero-order chi connectivity index (χ0) is 15.5. The van der Waals surface area contributed by atoms with E-state index in [0.717, 1.165) is 17.5 Å². The van der Waals surface area contributed by atoms with E-state index in [1.54, 1.807) is 25.3 Å². The van der Waals surface area contributed by atoms with Gasteiger partial charge in [-0.25, -0.2) is 0 Å². The highest BCUT2D eigenvalue weighted by Gasteiger charge is 2.20. The van der Waals surface area contributed by atoms with Gasteiger partial charge in [0.25, 0.3) is 10.1 Å². The van der Waals surface area contributed by atoms with Gasteiger partial charge in [-0.1, -0.05) is 24.6 Å². The molecule has 112 valence electrons. The molecule has 0 aliphatic carbocycles. The SMILES string of the molecule is CCOS(=O)(=O)c1ccc(C)cc1-c1ccc(CC)cn1. The molecule has 0 spiro atoms. The summed E-state index contributed by atoms with van der Waals surface area (Å²) in [6.45, 7) is 5.73. The number of aromatic nitrogens is 1. The number of aryl methyl sites for hydroxylation is 2. The Morgan fingerprint density at radius 2 is 1.90 bits per heavy atom. The van der Waals surface area contributed by atoms with Crippen LogP contribution in [0.15, 0.2) is 41.4 Å². The molecule has 1 aromatic carbocycles. The van der Waals surface area contributed by atoms with Gasteiger partial charge in [0.15, 0.2) is 0 Å². The molecule has 0 aliphatic heterocycles. The molecule has 0 bridgehead atoms. The summed E-state index contributed by atoms with van der Waals surface area (Å²) in [6.07, 6.45) is 2.67. The molecule has 2 aromatic rings. The van der Waals surface area contributed by atoms with Crippen LogP contribution >= 0.6 is 0 Å². The van der Waals surface area contributed by atoms with Crippen LogP contribution in [0.4, 0.5) is 0 Å². The van der Waals surface area contributed by atoms with Crippen molar-refractivity contribution in [2.75, 3.05) is 6.61 Å². The first-order valence-corrected chi connectivity index (χ1v) is 8.34. The predicted octanol–water partition coefficient (Wildman–Crippen LogP) is 3.34. The summed E-state index contributed by atoms with van der Waals surface area (Å²) < 4.78 is 29.3. The van der Waals surface area contributed by atoms with E-state index in [9.17, 15) is 8.42 Å². The minimum Gasteiger partial charge on any atom is -0.267 e. The topological polar surface area (TPSA) is 56.3 Å². The molecule has 4 nitrogen and oxygen atoms in total. The van der Waals surface area contributed by atoms with Crippen molar-refractivity contribution in [3.8, 4) is 11.3 Å². The maximum absolute atomic E-state index is 12.2. The summed E-state index contributed by atoms with van der Waals surface area (Å²) in [4.78, 5) is 4.53. The fourth-order valence-electron chi connectivity index (χ4n) is 2.07. The average molecular weight is 305 g/mol. The van der Waals surface area contributed by atoms with Gasteiger partial charge >= 0.3 is 0 Å². The molecule has 0 atom stereocenters. The molecule has 1 heterocycles. The quantitative estimate of drug-likeness (QED) is 0.795. The Labute approximate surface area is 125 Å². The molecule has 0 aliphatic rings. The minimum atomic E-state index is -3.76. The largest absolute Gasteiger partial charge is 0.297 e. The van der Waals surface area contributed by atoms with Gasteiger partial charge in [-0.05, 0) is 44.0 Å². The summed E-state index contributed by atoms with van der Waals surface area (Å²) in [5.74, 6) is 0. The highest BCUT2D eigenvalue weighted by Crippen LogP contribution is 2.28. The average Bonchev–Trinajstić information content (AvgIpc) is 2.47. The fourth-order valence-corrected chi connectivity index (χ4v) is 3.18. The van der Waals surface area contributed by atoms with Gasteiger partial charge in [-0.3, -0.25) is 9.17 Å². The van der Waals surface area contributed by atoms with Crippen LogP contribution in [0.2, 0.25) is 0 Å². The Morgan fingerprint density at radius 1 is 1.14 bits per heavy atom. The first kappa shape index (κ1) is 15.7. The lowest BCUT2D eigenvalue weighted by Gasteiger charge is -2.11. The Hall–Kier alpha value is -1.72. The Morgan fingerprint density at radius 3 is 2.48 bits per heavy atom. The molecule has 5 heteroatoms. The van der Waals surface area contributed by atoms with Crippen LogP contribution < -0.4 is 0 Å². The van der Waals surface area contributed by atoms with Crippen LogP contribution in [0.25, 0.3) is 11.3 Å². The van der Waals surface area contributed by atoms with Crippen molar-refractivity contribution < 1.29 is 12.6 Å². The molecule has 1 aromatic heterocycles. The molecule has 21 heavy (non-hydrogen) atoms. The van der Waals surface area contributed by atoms with Crippen LogP contribution in [0.1, 0.15) is 25.0 Å². The van der Waals surface area contributed by atoms with Gasteiger partial charge < -0.3 is 0 Å². The number of pyridine rings is 1. The van der Waals surface area contributed by atoms with E-state index in [4.69, 9.17) is 4.18 Å². The van der Waals surface area contributed by atoms with Gasteiger partial charge in [-0.2, -0.15) is 8.42 Å². The van der Waals surface area contributed by atoms with E-state index >= 15 is 0 Å². The minimum absolute atomic E-state index is 0.109. The van der Waals surface area contributed by atoms with Crippen molar-refractivity contribution in [2.45, 2.75) is 32.1 Å². The number of hydrogen-bond donors (Lipinski definition) is 0. The van der Waals surface area contributed by atoms with Crippen LogP contribution in [0.5, 0.6) is 0 Å². The third-order valence-electron chi connectivity index (χ3n) is 3.19. The second kappa shape index (κ2) is 6.37. The number of rotatable bonds is 5. The van der Waals surface area contributed by atoms with E-state index < -0.39 is 10.1 Å². The van der Waals surface area contributed by atoms with E-state index in [1.807, 2.05) is 32.0 Å². The lowest BCUT2D eigenvalue weighted by Crippen LogP contribution is -2.08. The number of benzene rings is 1. The molecule has 0 N–H and O–H groups in total. The maximum atomic E-state index is 12.2. The molecule has 2 rings (SSSR count). The Kier molecular flexibility index (Phi) is 4.75. The molecular weight excluding hydrogens is 286 g/mol. The lowest BCUT2D eigenvalue weighted by molar-refractivity contribution is 0.338. The molecular formula is C16H19NO3S. The standard InChI is InChI=1S/C16H19NO3S/c1-4-13-7-8-15(17-11-13)14-10-12(3)6-9-16(14)21(18,19)20-5-2/h6-11H,4-5H2,1-3H3. The number of hydrogen-bond acceptors (Lipinski definition) is 4. The van der Waals surface area contributed by atoms with Crippen LogP contribution in [-0.2, 0) is 20.7 Å². The van der Waals surface area contributed by atoms with Gasteiger partial charge in [-0.15, -0.1) is 0 Å². The Balaban J connectivity index is 2.58. The third-order valence-corrected chi connectivity index (χ3v) is 4.63. The zero-order valence-corrected chi connectivity index (χ0v) is 13.3. The maximum Gasteiger partial charge on any atom is 0.297 e. The monoisotopic (exact) mass is 305 g/mol. The summed E-state index contributed by atoms with van der Waals surface area (Å²) in [5, 5.41) is 0. The van der Waals surface area contributed by atoms with Crippen molar-refractivity contribution in [1.29, 1.82) is 0 Å². The van der Waals surface area contributed by atoms with Crippen molar-refractivity contribution >= 4 is 10.1 Å². The molecule has 0 fully saturated rings. The van der Waals surface area contributed by atoms with Crippen LogP contribution in [-0.4, -0.2) is 20.0 Å². The van der Waals surface area contributed by atoms with E-state index in [1.165, 1.54) is 0 Å². The highest BCUT2D eigenvalue weighted by atomic mass is 32.2. The van der Waals surface area contributed by atoms with Crippen molar-refractivity contribution in [1.82, 2.24) is 4.98 Å². The summed E-state index contributed by atoms with van der Waals surface area (Å²) in [7, 11) is -3.76. The normalized spacial score (nSPS) is 11.6. The van der Waals surface area contributed by atoms with E-state index in [0.29, 0.717) is 11.3 Å². The Bertz CT molecular complexity index is 722. The fraction of sp³-hybridized carbons (Fsp3) is 0.312. The second-order valence-corrected chi connectivity index (χ2v) is 6.35. The van der Waals surface area contributed by atoms with Crippen LogP contribution in [0.3, 0.4) is 0 Å². The first-order chi connectivity index (χ1) is 9.97. The van der Waals surface area contributed by atoms with Gasteiger partial charge in [0.2, 0.25) is 0 Å². The van der Waals surface area contributed by atoms with Gasteiger partial charge in [0.1, 0.15) is 4.90 Å². The number of nitrogens with zero attached hydrogens (tertiary/aromatic N) is 1. The third kappa shape index (κ3) is 3.49. The summed E-state index contributed by atoms with van der Waals surface area (Å²) in [6, 6.07) is 8.96. The predicted molar refractivity (Wildman–Crippen MR) is 82.6 cm³/mol. The lowest BCUT2D eigenvalue weighted by atomic mass is 10.1. The molecule has 0 radical (unpaired) electrons. The highest BCUT2D eigenvalue weighted by molar-refractivity contribution is 7.87. The van der Waals surface area contributed by atoms with Crippen LogP contribution in [0, 0.1) is 6.92 Å². The summed E-state index contributed by atoms with van der Waals surface area (Å²) in [5.41, 5.74) is 3.29.